The summed E-state index contributed by atoms with van der Waals surface area (Å²) in [6.45, 7) is 0.504. The van der Waals surface area contributed by atoms with Crippen molar-refractivity contribution in [2.45, 2.75) is 30.3 Å². The van der Waals surface area contributed by atoms with Crippen molar-refractivity contribution in [2.75, 3.05) is 13.1 Å². The number of rotatable bonds is 2. The molecule has 0 N–H and O–H groups in total. The molecule has 1 aromatic rings. The van der Waals surface area contributed by atoms with Crippen molar-refractivity contribution in [1.82, 2.24) is 4.31 Å². The predicted molar refractivity (Wildman–Crippen MR) is 69.1 cm³/mol. The van der Waals surface area contributed by atoms with Crippen LogP contribution in [-0.4, -0.2) is 25.8 Å². The third-order valence-electron chi connectivity index (χ3n) is 3.18. The molecule has 8 heteroatoms. The Morgan fingerprint density at radius 1 is 1.10 bits per heavy atom. The average molecular weight is 328 g/mol. The Balaban J connectivity index is 2.51. The minimum absolute atomic E-state index is 0.144. The standard InChI is InChI=1S/C12H13ClF3NO2S/c13-9-4-5-11(10(8-9)12(14,15)16)20(18,19)17-6-2-1-3-7-17/h4-5,8H,1-3,6-7H2. The fourth-order valence-electron chi connectivity index (χ4n) is 2.19. The lowest BCUT2D eigenvalue weighted by atomic mass is 10.2. The largest absolute Gasteiger partial charge is 0.417 e. The Morgan fingerprint density at radius 2 is 1.70 bits per heavy atom. The molecular formula is C12H13ClF3NO2S. The van der Waals surface area contributed by atoms with Crippen LogP contribution in [0.4, 0.5) is 13.2 Å². The third-order valence-corrected chi connectivity index (χ3v) is 5.37. The van der Waals surface area contributed by atoms with Crippen LogP contribution in [0, 0.1) is 0 Å². The predicted octanol–water partition coefficient (Wildman–Crippen LogP) is 3.53. The number of benzene rings is 1. The Kier molecular flexibility index (Phi) is 4.32. The maximum atomic E-state index is 13.0. The Bertz CT molecular complexity index is 595. The maximum Gasteiger partial charge on any atom is 0.417 e. The van der Waals surface area contributed by atoms with Crippen LogP contribution < -0.4 is 0 Å². The zero-order valence-electron chi connectivity index (χ0n) is 10.5. The van der Waals surface area contributed by atoms with Gasteiger partial charge in [0, 0.05) is 18.1 Å². The van der Waals surface area contributed by atoms with E-state index in [0.29, 0.717) is 18.9 Å². The molecule has 112 valence electrons. The van der Waals surface area contributed by atoms with Crippen molar-refractivity contribution in [1.29, 1.82) is 0 Å². The molecule has 1 aromatic carbocycles. The molecule has 1 aliphatic rings. The van der Waals surface area contributed by atoms with Gasteiger partial charge in [-0.1, -0.05) is 18.0 Å². The highest BCUT2D eigenvalue weighted by Crippen LogP contribution is 2.37. The summed E-state index contributed by atoms with van der Waals surface area (Å²) in [4.78, 5) is -0.726. The third kappa shape index (κ3) is 3.10. The molecule has 1 heterocycles. The van der Waals surface area contributed by atoms with Crippen molar-refractivity contribution in [3.05, 3.63) is 28.8 Å². The molecule has 2 rings (SSSR count). The van der Waals surface area contributed by atoms with Gasteiger partial charge < -0.3 is 0 Å². The molecule has 0 aliphatic carbocycles. The van der Waals surface area contributed by atoms with Gasteiger partial charge in [0.05, 0.1) is 10.5 Å². The zero-order valence-corrected chi connectivity index (χ0v) is 12.0. The average Bonchev–Trinajstić information content (AvgIpc) is 2.38. The van der Waals surface area contributed by atoms with E-state index in [4.69, 9.17) is 11.6 Å². The molecule has 0 unspecified atom stereocenters. The number of halogens is 4. The van der Waals surface area contributed by atoms with Crippen LogP contribution in [0.2, 0.25) is 5.02 Å². The lowest BCUT2D eigenvalue weighted by Crippen LogP contribution is -2.36. The fourth-order valence-corrected chi connectivity index (χ4v) is 4.07. The summed E-state index contributed by atoms with van der Waals surface area (Å²) < 4.78 is 64.8. The van der Waals surface area contributed by atoms with E-state index >= 15 is 0 Å². The highest BCUT2D eigenvalue weighted by Gasteiger charge is 2.39. The lowest BCUT2D eigenvalue weighted by molar-refractivity contribution is -0.139. The van der Waals surface area contributed by atoms with Crippen molar-refractivity contribution < 1.29 is 21.6 Å². The van der Waals surface area contributed by atoms with Gasteiger partial charge in [0.1, 0.15) is 0 Å². The first-order chi connectivity index (χ1) is 9.23. The maximum absolute atomic E-state index is 13.0. The van der Waals surface area contributed by atoms with Crippen LogP contribution >= 0.6 is 11.6 Å². The molecule has 20 heavy (non-hydrogen) atoms. The topological polar surface area (TPSA) is 37.4 Å². The SMILES string of the molecule is O=S(=O)(c1ccc(Cl)cc1C(F)(F)F)N1CCCCC1. The second-order valence-corrected chi connectivity index (χ2v) is 6.95. The van der Waals surface area contributed by atoms with Gasteiger partial charge in [0.2, 0.25) is 10.0 Å². The van der Waals surface area contributed by atoms with Crippen molar-refractivity contribution in [3.8, 4) is 0 Å². The van der Waals surface area contributed by atoms with Gasteiger partial charge in [-0.25, -0.2) is 8.42 Å². The Labute approximate surface area is 120 Å². The number of hydrogen-bond acceptors (Lipinski definition) is 2. The van der Waals surface area contributed by atoms with Crippen molar-refractivity contribution >= 4 is 21.6 Å². The van der Waals surface area contributed by atoms with Crippen LogP contribution in [0.1, 0.15) is 24.8 Å². The molecular weight excluding hydrogens is 315 g/mol. The van der Waals surface area contributed by atoms with Gasteiger partial charge >= 0.3 is 6.18 Å². The molecule has 0 saturated carbocycles. The van der Waals surface area contributed by atoms with Crippen LogP contribution in [0.5, 0.6) is 0 Å². The molecule has 1 fully saturated rings. The van der Waals surface area contributed by atoms with Crippen molar-refractivity contribution in [2.24, 2.45) is 0 Å². The van der Waals surface area contributed by atoms with E-state index < -0.39 is 26.7 Å². The number of nitrogens with zero attached hydrogens (tertiary/aromatic N) is 1. The summed E-state index contributed by atoms with van der Waals surface area (Å²) in [5.74, 6) is 0. The fraction of sp³-hybridized carbons (Fsp3) is 0.500. The van der Waals surface area contributed by atoms with E-state index in [1.54, 1.807) is 0 Å². The number of sulfonamides is 1. The summed E-state index contributed by atoms with van der Waals surface area (Å²) in [7, 11) is -4.14. The van der Waals surface area contributed by atoms with Gasteiger partial charge in [0.15, 0.2) is 0 Å². The number of hydrogen-bond donors (Lipinski definition) is 0. The highest BCUT2D eigenvalue weighted by atomic mass is 35.5. The lowest BCUT2D eigenvalue weighted by Gasteiger charge is -2.27. The quantitative estimate of drug-likeness (QED) is 0.833. The first kappa shape index (κ1) is 15.6. The molecule has 0 bridgehead atoms. The molecule has 1 saturated heterocycles. The van der Waals surface area contributed by atoms with Gasteiger partial charge in [-0.3, -0.25) is 0 Å². The first-order valence-electron chi connectivity index (χ1n) is 6.10. The van der Waals surface area contributed by atoms with Gasteiger partial charge in [-0.2, -0.15) is 17.5 Å². The van der Waals surface area contributed by atoms with E-state index in [0.717, 1.165) is 22.9 Å². The minimum Gasteiger partial charge on any atom is -0.207 e. The second-order valence-electron chi connectivity index (χ2n) is 4.60. The van der Waals surface area contributed by atoms with Gasteiger partial charge in [0.25, 0.3) is 0 Å². The zero-order chi connectivity index (χ0) is 15.0. The molecule has 0 aromatic heterocycles. The molecule has 0 amide bonds. The number of piperidine rings is 1. The molecule has 0 spiro atoms. The normalized spacial score (nSPS) is 18.2. The Morgan fingerprint density at radius 3 is 2.25 bits per heavy atom. The van der Waals surface area contributed by atoms with E-state index in [-0.39, 0.29) is 18.1 Å². The summed E-state index contributed by atoms with van der Waals surface area (Å²) in [5, 5.41) is -0.144. The van der Waals surface area contributed by atoms with Gasteiger partial charge in [-0.05, 0) is 31.0 Å². The smallest absolute Gasteiger partial charge is 0.207 e. The van der Waals surface area contributed by atoms with Crippen LogP contribution in [0.15, 0.2) is 23.1 Å². The molecule has 0 atom stereocenters. The molecule has 3 nitrogen and oxygen atoms in total. The summed E-state index contributed by atoms with van der Waals surface area (Å²) in [6, 6.07) is 2.74. The van der Waals surface area contributed by atoms with E-state index in [1.165, 1.54) is 0 Å². The highest BCUT2D eigenvalue weighted by molar-refractivity contribution is 7.89. The summed E-state index contributed by atoms with van der Waals surface area (Å²) in [6.07, 6.45) is -2.55. The monoisotopic (exact) mass is 327 g/mol. The minimum atomic E-state index is -4.76. The van der Waals surface area contributed by atoms with Crippen molar-refractivity contribution in [3.63, 3.8) is 0 Å². The molecule has 0 radical (unpaired) electrons. The first-order valence-corrected chi connectivity index (χ1v) is 7.91. The molecule has 1 aliphatic heterocycles. The van der Waals surface area contributed by atoms with Crippen LogP contribution in [0.25, 0.3) is 0 Å². The van der Waals surface area contributed by atoms with Crippen LogP contribution in [0.3, 0.4) is 0 Å². The number of alkyl halides is 3. The summed E-state index contributed by atoms with van der Waals surface area (Å²) in [5.41, 5.74) is -1.21. The van der Waals surface area contributed by atoms with E-state index in [9.17, 15) is 21.6 Å². The second kappa shape index (κ2) is 5.54. The van der Waals surface area contributed by atoms with Gasteiger partial charge in [-0.15, -0.1) is 0 Å². The van der Waals surface area contributed by atoms with E-state index in [2.05, 4.69) is 0 Å². The summed E-state index contributed by atoms with van der Waals surface area (Å²) >= 11 is 5.55. The Hall–Kier alpha value is -0.790. The van der Waals surface area contributed by atoms with Crippen LogP contribution in [-0.2, 0) is 16.2 Å². The van der Waals surface area contributed by atoms with E-state index in [1.807, 2.05) is 0 Å².